The average molecular weight is 1450 g/mol. The van der Waals surface area contributed by atoms with Gasteiger partial charge in [-0.25, -0.2) is 0 Å². The number of nitrogens with zero attached hydrogens (tertiary/aromatic N) is 4. The number of hydrogen-bond donors (Lipinski definition) is 0. The van der Waals surface area contributed by atoms with E-state index in [2.05, 4.69) is 444 Å². The van der Waals surface area contributed by atoms with Gasteiger partial charge in [-0.1, -0.05) is 322 Å². The number of anilines is 6. The third-order valence-corrected chi connectivity index (χ3v) is 24.0. The van der Waals surface area contributed by atoms with E-state index in [1.165, 1.54) is 109 Å². The summed E-state index contributed by atoms with van der Waals surface area (Å²) < 4.78 is 5.04. The summed E-state index contributed by atoms with van der Waals surface area (Å²) >= 11 is 0. The van der Waals surface area contributed by atoms with E-state index in [0.717, 1.165) is 111 Å². The van der Waals surface area contributed by atoms with Gasteiger partial charge in [-0.05, 0) is 201 Å². The van der Waals surface area contributed by atoms with Crippen LogP contribution in [0.25, 0.3) is 186 Å². The zero-order valence-corrected chi connectivity index (χ0v) is 62.2. The predicted octanol–water partition coefficient (Wildman–Crippen LogP) is 30.7. The van der Waals surface area contributed by atoms with Crippen molar-refractivity contribution in [2.24, 2.45) is 0 Å². The third kappa shape index (κ3) is 10.4. The highest BCUT2D eigenvalue weighted by Gasteiger charge is 2.27. The van der Waals surface area contributed by atoms with Crippen molar-refractivity contribution in [1.82, 2.24) is 9.13 Å². The average Bonchev–Trinajstić information content (AvgIpc) is 1.59. The molecular formula is C110H70N4. The quantitative estimate of drug-likeness (QED) is 0.121. The van der Waals surface area contributed by atoms with Crippen LogP contribution in [0.1, 0.15) is 0 Å². The first-order valence-electron chi connectivity index (χ1n) is 39.4. The first kappa shape index (κ1) is 64.8. The summed E-state index contributed by atoms with van der Waals surface area (Å²) in [4.78, 5) is 5.03. The number of aromatic nitrogens is 2. The zero-order chi connectivity index (χ0) is 74.9. The minimum atomic E-state index is 1.02. The Bertz CT molecular complexity index is 7140. The van der Waals surface area contributed by atoms with Crippen LogP contribution in [0.15, 0.2) is 425 Å². The van der Waals surface area contributed by atoms with E-state index in [4.69, 9.17) is 0 Å². The van der Waals surface area contributed by atoms with Crippen molar-refractivity contribution >= 4 is 164 Å². The van der Waals surface area contributed by atoms with E-state index in [1.807, 2.05) is 0 Å². The number of fused-ring (bicyclic) bond motifs is 14. The highest BCUT2D eigenvalue weighted by molar-refractivity contribution is 6.19. The molecule has 114 heavy (non-hydrogen) atoms. The van der Waals surface area contributed by atoms with Crippen LogP contribution in [0.2, 0.25) is 0 Å². The molecule has 0 aliphatic rings. The molecule has 0 fully saturated rings. The van der Waals surface area contributed by atoms with E-state index in [-0.39, 0.29) is 0 Å². The molecule has 4 heteroatoms. The molecule has 0 unspecified atom stereocenters. The van der Waals surface area contributed by atoms with Gasteiger partial charge in [0.15, 0.2) is 0 Å². The van der Waals surface area contributed by atoms with Crippen molar-refractivity contribution in [2.45, 2.75) is 0 Å². The van der Waals surface area contributed by atoms with Gasteiger partial charge < -0.3 is 18.9 Å². The number of rotatable bonds is 12. The second kappa shape index (κ2) is 26.3. The lowest BCUT2D eigenvalue weighted by Gasteiger charge is -2.32. The van der Waals surface area contributed by atoms with Crippen molar-refractivity contribution in [3.05, 3.63) is 425 Å². The van der Waals surface area contributed by atoms with Gasteiger partial charge in [0.05, 0.1) is 56.2 Å². The van der Waals surface area contributed by atoms with Crippen LogP contribution < -0.4 is 9.80 Å². The Hall–Kier alpha value is -15.1. The molecule has 0 saturated carbocycles. The summed E-state index contributed by atoms with van der Waals surface area (Å²) in [6.07, 6.45) is 0. The van der Waals surface area contributed by atoms with Crippen molar-refractivity contribution < 1.29 is 0 Å². The standard InChI is InChI=1S/C110H70N4/c1-7-38-83-71(24-1)30-17-48-87(83)77-54-58-107-97(66-77)98-67-78(88-49-18-31-72-25-2-8-39-84(72)88)55-59-108(98)113(107)105-64-62-103(93-44-13-15-46-95(93)105)111(101-52-21-34-75-28-5-11-42-91(75)101)81-36-23-37-82(70-81)112(102-53-22-35-76-29-6-12-43-92(76)102)104-63-65-106(96-47-16-14-45-94(96)104)114-109-60-56-79(89-50-19-32-73-26-3-9-40-85(73)89)68-99(109)100-69-80(57-61-110(100)114)90-51-20-33-74-27-4-10-41-86(74)90/h1-70H. The summed E-state index contributed by atoms with van der Waals surface area (Å²) in [6, 6.07) is 158. The fraction of sp³-hybridized carbons (Fsp3) is 0. The maximum absolute atomic E-state index is 2.52. The fourth-order valence-corrected chi connectivity index (χ4v) is 18.9. The first-order valence-corrected chi connectivity index (χ1v) is 39.4. The van der Waals surface area contributed by atoms with Crippen molar-refractivity contribution in [1.29, 1.82) is 0 Å². The van der Waals surface area contributed by atoms with Gasteiger partial charge in [-0.15, -0.1) is 0 Å². The minimum absolute atomic E-state index is 1.02. The molecule has 23 rings (SSSR count). The SMILES string of the molecule is c1cc(N(c2cccc3ccccc23)c2ccc(-n3c4ccc(-c5cccc6ccccc56)cc4c4cc(-c5cccc6ccccc56)ccc43)c3ccccc23)cc(N(c2cccc3ccccc23)c2ccc(-n3c4ccc(-c5cccc6ccccc56)cc4c4cc(-c5cccc6ccccc56)ccc43)c3ccccc23)c1. The summed E-state index contributed by atoms with van der Waals surface area (Å²) in [6.45, 7) is 0. The molecule has 0 saturated heterocycles. The fourth-order valence-electron chi connectivity index (χ4n) is 18.9. The zero-order valence-electron chi connectivity index (χ0n) is 62.2. The monoisotopic (exact) mass is 1450 g/mol. The molecule has 0 spiro atoms. The van der Waals surface area contributed by atoms with Crippen molar-refractivity contribution in [3.8, 4) is 55.9 Å². The molecule has 0 aliphatic heterocycles. The molecule has 4 nitrogen and oxygen atoms in total. The van der Waals surface area contributed by atoms with Crippen molar-refractivity contribution in [3.63, 3.8) is 0 Å². The Morgan fingerprint density at radius 1 is 0.149 bits per heavy atom. The van der Waals surface area contributed by atoms with Crippen molar-refractivity contribution in [2.75, 3.05) is 9.80 Å². The second-order valence-corrected chi connectivity index (χ2v) is 30.2. The molecule has 2 aromatic heterocycles. The van der Waals surface area contributed by atoms with Gasteiger partial charge in [-0.2, -0.15) is 0 Å². The molecule has 2 heterocycles. The third-order valence-electron chi connectivity index (χ3n) is 24.0. The van der Waals surface area contributed by atoms with Crippen LogP contribution in [0.3, 0.4) is 0 Å². The molecule has 0 atom stereocenters. The molecule has 530 valence electrons. The summed E-state index contributed by atoms with van der Waals surface area (Å²) in [5.74, 6) is 0. The maximum atomic E-state index is 2.52. The maximum Gasteiger partial charge on any atom is 0.0542 e. The van der Waals surface area contributed by atoms with Crippen LogP contribution in [0.5, 0.6) is 0 Å². The van der Waals surface area contributed by atoms with Crippen LogP contribution in [0.4, 0.5) is 34.1 Å². The lowest BCUT2D eigenvalue weighted by Crippen LogP contribution is -2.14. The van der Waals surface area contributed by atoms with Gasteiger partial charge in [0, 0.05) is 65.2 Å². The predicted molar refractivity (Wildman–Crippen MR) is 486 cm³/mol. The van der Waals surface area contributed by atoms with E-state index in [1.54, 1.807) is 0 Å². The van der Waals surface area contributed by atoms with Gasteiger partial charge >= 0.3 is 0 Å². The molecular weight excluding hydrogens is 1380 g/mol. The van der Waals surface area contributed by atoms with Gasteiger partial charge in [-0.3, -0.25) is 0 Å². The lowest BCUT2D eigenvalue weighted by molar-refractivity contribution is 1.19. The highest BCUT2D eigenvalue weighted by Crippen LogP contribution is 2.51. The summed E-state index contributed by atoms with van der Waals surface area (Å²) in [5.41, 5.74) is 22.7. The largest absolute Gasteiger partial charge is 0.309 e. The van der Waals surface area contributed by atoms with Gasteiger partial charge in [0.1, 0.15) is 0 Å². The Kier molecular flexibility index (Phi) is 15.0. The van der Waals surface area contributed by atoms with E-state index < -0.39 is 0 Å². The van der Waals surface area contributed by atoms with Gasteiger partial charge in [0.2, 0.25) is 0 Å². The Morgan fingerprint density at radius 2 is 0.386 bits per heavy atom. The number of benzene rings is 21. The van der Waals surface area contributed by atoms with Crippen LogP contribution in [-0.2, 0) is 0 Å². The second-order valence-electron chi connectivity index (χ2n) is 30.2. The van der Waals surface area contributed by atoms with E-state index >= 15 is 0 Å². The molecule has 0 N–H and O–H groups in total. The topological polar surface area (TPSA) is 16.3 Å². The Labute approximate surface area is 659 Å². The molecule has 21 aromatic carbocycles. The van der Waals surface area contributed by atoms with Gasteiger partial charge in [0.25, 0.3) is 0 Å². The first-order chi connectivity index (χ1) is 56.6. The van der Waals surface area contributed by atoms with E-state index in [0.29, 0.717) is 0 Å². The van der Waals surface area contributed by atoms with Crippen LogP contribution in [0, 0.1) is 0 Å². The highest BCUT2D eigenvalue weighted by atomic mass is 15.2. The minimum Gasteiger partial charge on any atom is -0.309 e. The Balaban J connectivity index is 0.717. The molecule has 0 aliphatic carbocycles. The Morgan fingerprint density at radius 3 is 0.702 bits per heavy atom. The number of hydrogen-bond acceptors (Lipinski definition) is 2. The molecule has 0 bridgehead atoms. The summed E-state index contributed by atoms with van der Waals surface area (Å²) in [5, 5.41) is 23.8. The lowest BCUT2D eigenvalue weighted by atomic mass is 9.95. The molecule has 0 radical (unpaired) electrons. The molecule has 23 aromatic rings. The normalized spacial score (nSPS) is 11.9. The summed E-state index contributed by atoms with van der Waals surface area (Å²) in [7, 11) is 0. The molecule has 0 amide bonds. The van der Waals surface area contributed by atoms with Crippen LogP contribution in [-0.4, -0.2) is 9.13 Å². The van der Waals surface area contributed by atoms with E-state index in [9.17, 15) is 0 Å². The smallest absolute Gasteiger partial charge is 0.0542 e. The van der Waals surface area contributed by atoms with Crippen LogP contribution >= 0.6 is 0 Å².